The molecule has 0 nitrogen and oxygen atoms in total. The van der Waals surface area contributed by atoms with Crippen LogP contribution in [0.25, 0.3) is 11.1 Å². The van der Waals surface area contributed by atoms with E-state index in [0.29, 0.717) is 0 Å². The first-order chi connectivity index (χ1) is 11.9. The number of benzene rings is 3. The van der Waals surface area contributed by atoms with Crippen LogP contribution in [0.3, 0.4) is 0 Å². The molecular formula is C20H25BP2Si2. The molecule has 0 bridgehead atoms. The Balaban J connectivity index is 0.000000511. The van der Waals surface area contributed by atoms with Crippen LogP contribution >= 0.6 is 16.0 Å². The van der Waals surface area contributed by atoms with Crippen molar-refractivity contribution in [1.82, 2.24) is 0 Å². The molecule has 126 valence electrons. The number of hydrogen-bond donors (Lipinski definition) is 0. The van der Waals surface area contributed by atoms with Crippen LogP contribution < -0.4 is 10.4 Å². The van der Waals surface area contributed by atoms with E-state index in [9.17, 15) is 0 Å². The van der Waals surface area contributed by atoms with Crippen molar-refractivity contribution in [3.8, 4) is 11.1 Å². The molecule has 0 saturated heterocycles. The predicted molar refractivity (Wildman–Crippen MR) is 127 cm³/mol. The zero-order chi connectivity index (χ0) is 18.3. The van der Waals surface area contributed by atoms with Crippen molar-refractivity contribution in [3.05, 3.63) is 84.9 Å². The predicted octanol–water partition coefficient (Wildman–Crippen LogP) is 3.80. The third kappa shape index (κ3) is 6.04. The van der Waals surface area contributed by atoms with Gasteiger partial charge in [-0.25, -0.2) is 0 Å². The van der Waals surface area contributed by atoms with Gasteiger partial charge in [-0.05, 0) is 11.1 Å². The summed E-state index contributed by atoms with van der Waals surface area (Å²) in [6, 6.07) is 30.6. The fourth-order valence-corrected chi connectivity index (χ4v) is 5.09. The van der Waals surface area contributed by atoms with Crippen molar-refractivity contribution < 1.29 is 0 Å². The van der Waals surface area contributed by atoms with Crippen LogP contribution in [-0.2, 0) is 0 Å². The van der Waals surface area contributed by atoms with Gasteiger partial charge in [0.15, 0.2) is 0 Å². The summed E-state index contributed by atoms with van der Waals surface area (Å²) in [7, 11) is 7.27. The Kier molecular flexibility index (Phi) is 7.84. The van der Waals surface area contributed by atoms with Gasteiger partial charge in [-0.1, -0.05) is 108 Å². The molecule has 0 aliphatic carbocycles. The second kappa shape index (κ2) is 9.64. The van der Waals surface area contributed by atoms with E-state index >= 15 is 0 Å². The first-order valence-corrected chi connectivity index (χ1v) is 17.5. The second-order valence-electron chi connectivity index (χ2n) is 6.60. The van der Waals surface area contributed by atoms with Crippen molar-refractivity contribution in [3.63, 3.8) is 0 Å². The van der Waals surface area contributed by atoms with E-state index in [-0.39, 0.29) is 7.04 Å². The molecule has 25 heavy (non-hydrogen) atoms. The van der Waals surface area contributed by atoms with E-state index in [1.54, 1.807) is 0 Å². The molecule has 5 heteroatoms. The van der Waals surface area contributed by atoms with Gasteiger partial charge >= 0.3 is 0 Å². The SMILES string of the molecule is C[Si](C)(c1ccccc1)c1ccc(-c2ccccc2)cc1.[B]P([SiH3])P. The molecule has 0 aliphatic rings. The Morgan fingerprint density at radius 1 is 0.720 bits per heavy atom. The molecule has 2 radical (unpaired) electrons. The smallest absolute Gasteiger partial charge is 0.112 e. The fraction of sp³-hybridized carbons (Fsp3) is 0.100. The molecule has 0 aliphatic heterocycles. The third-order valence-electron chi connectivity index (χ3n) is 4.21. The molecule has 0 fully saturated rings. The highest BCUT2D eigenvalue weighted by atomic mass is 32.1. The van der Waals surface area contributed by atoms with E-state index in [0.717, 1.165) is 9.91 Å². The molecule has 2 atom stereocenters. The van der Waals surface area contributed by atoms with Gasteiger partial charge in [0.25, 0.3) is 0 Å². The largest absolute Gasteiger partial charge is 0.158 e. The maximum atomic E-state index is 5.20. The van der Waals surface area contributed by atoms with Gasteiger partial charge in [0, 0.05) is 9.91 Å². The van der Waals surface area contributed by atoms with Gasteiger partial charge in [-0.2, -0.15) is 7.04 Å². The van der Waals surface area contributed by atoms with Gasteiger partial charge in [-0.15, -0.1) is 8.93 Å². The fourth-order valence-electron chi connectivity index (χ4n) is 2.73. The molecule has 0 N–H and O–H groups in total. The molecule has 2 unspecified atom stereocenters. The monoisotopic (exact) mass is 394 g/mol. The van der Waals surface area contributed by atoms with E-state index in [1.807, 2.05) is 0 Å². The topological polar surface area (TPSA) is 0 Å². The second-order valence-corrected chi connectivity index (χ2v) is 21.0. The lowest BCUT2D eigenvalue weighted by atomic mass is 10.1. The number of rotatable bonds is 3. The summed E-state index contributed by atoms with van der Waals surface area (Å²) in [4.78, 5) is 0. The lowest BCUT2D eigenvalue weighted by Crippen LogP contribution is -2.52. The van der Waals surface area contributed by atoms with Gasteiger partial charge in [0.2, 0.25) is 0 Å². The summed E-state index contributed by atoms with van der Waals surface area (Å²) in [6.07, 6.45) is 0. The molecule has 0 amide bonds. The Morgan fingerprint density at radius 2 is 1.08 bits per heavy atom. The third-order valence-corrected chi connectivity index (χ3v) is 7.76. The first kappa shape index (κ1) is 20.3. The summed E-state index contributed by atoms with van der Waals surface area (Å²) >= 11 is 0. The van der Waals surface area contributed by atoms with Crippen molar-refractivity contribution in [1.29, 1.82) is 0 Å². The molecule has 3 rings (SSSR count). The summed E-state index contributed by atoms with van der Waals surface area (Å²) < 4.78 is 0. The minimum atomic E-state index is -1.58. The average molecular weight is 394 g/mol. The maximum Gasteiger partial charge on any atom is 0.112 e. The van der Waals surface area contributed by atoms with E-state index in [1.165, 1.54) is 21.5 Å². The minimum Gasteiger partial charge on any atom is -0.158 e. The Hall–Kier alpha value is -0.981. The van der Waals surface area contributed by atoms with Crippen LogP contribution in [0.5, 0.6) is 0 Å². The molecular weight excluding hydrogens is 369 g/mol. The van der Waals surface area contributed by atoms with Crippen LogP contribution in [0.1, 0.15) is 0 Å². The average Bonchev–Trinajstić information content (AvgIpc) is 2.63. The minimum absolute atomic E-state index is 0.0648. The van der Waals surface area contributed by atoms with E-state index in [4.69, 9.17) is 7.57 Å². The van der Waals surface area contributed by atoms with E-state index in [2.05, 4.69) is 107 Å². The quantitative estimate of drug-likeness (QED) is 0.468. The van der Waals surface area contributed by atoms with Crippen LogP contribution in [0.15, 0.2) is 84.9 Å². The van der Waals surface area contributed by atoms with Gasteiger partial charge < -0.3 is 0 Å². The van der Waals surface area contributed by atoms with Crippen molar-refractivity contribution >= 4 is 51.9 Å². The van der Waals surface area contributed by atoms with E-state index < -0.39 is 8.07 Å². The van der Waals surface area contributed by atoms with Crippen LogP contribution in [0, 0.1) is 0 Å². The van der Waals surface area contributed by atoms with Crippen LogP contribution in [0.4, 0.5) is 0 Å². The van der Waals surface area contributed by atoms with Crippen LogP contribution in [0.2, 0.25) is 13.1 Å². The summed E-state index contributed by atoms with van der Waals surface area (Å²) in [5, 5.41) is 2.96. The van der Waals surface area contributed by atoms with Crippen LogP contribution in [-0.4, -0.2) is 25.5 Å². The van der Waals surface area contributed by atoms with Crippen molar-refractivity contribution in [2.75, 3.05) is 0 Å². The van der Waals surface area contributed by atoms with Gasteiger partial charge in [-0.3, -0.25) is 0 Å². The molecule has 0 spiro atoms. The van der Waals surface area contributed by atoms with Gasteiger partial charge in [0.1, 0.15) is 15.6 Å². The normalized spacial score (nSPS) is 12.1. The standard InChI is InChI=1S/C20H20Si.BH5P2Si/c1-21(2,19-11-7-4-8-12-19)20-15-13-18(14-16-20)17-9-5-3-6-10-17;1-3(2)4/h3-16H,1-2H3;2H2,4H3. The molecule has 3 aromatic carbocycles. The first-order valence-electron chi connectivity index (χ1n) is 8.36. The summed E-state index contributed by atoms with van der Waals surface area (Å²) in [6.45, 7) is 4.83. The maximum absolute atomic E-state index is 5.20. The lowest BCUT2D eigenvalue weighted by molar-refractivity contribution is 1.62. The van der Waals surface area contributed by atoms with Crippen molar-refractivity contribution in [2.45, 2.75) is 13.1 Å². The zero-order valence-corrected chi connectivity index (χ0v) is 20.2. The molecule has 0 aromatic heterocycles. The molecule has 3 aromatic rings. The number of hydrogen-bond acceptors (Lipinski definition) is 0. The highest BCUT2D eigenvalue weighted by Gasteiger charge is 2.25. The molecule has 0 saturated carbocycles. The Bertz CT molecular complexity index is 758. The Morgan fingerprint density at radius 3 is 1.56 bits per heavy atom. The summed E-state index contributed by atoms with van der Waals surface area (Å²) in [5.41, 5.74) is 2.57. The molecule has 0 heterocycles. The lowest BCUT2D eigenvalue weighted by Gasteiger charge is -2.24. The zero-order valence-electron chi connectivity index (χ0n) is 15.2. The van der Waals surface area contributed by atoms with Gasteiger partial charge in [0.05, 0.1) is 0 Å². The highest BCUT2D eigenvalue weighted by Crippen LogP contribution is 2.30. The van der Waals surface area contributed by atoms with Crippen molar-refractivity contribution in [2.24, 2.45) is 0 Å². The Labute approximate surface area is 161 Å². The summed E-state index contributed by atoms with van der Waals surface area (Å²) in [5.74, 6) is 0. The highest BCUT2D eigenvalue weighted by molar-refractivity contribution is 8.37.